The molecule has 0 aromatic heterocycles. The highest BCUT2D eigenvalue weighted by Gasteiger charge is 2.37. The van der Waals surface area contributed by atoms with Crippen molar-refractivity contribution in [2.75, 3.05) is 17.3 Å². The Hall–Kier alpha value is -3.68. The Morgan fingerprint density at radius 2 is 1.89 bits per heavy atom. The van der Waals surface area contributed by atoms with Gasteiger partial charge >= 0.3 is 5.97 Å². The molecule has 2 aromatic carbocycles. The molecule has 144 valence electrons. The maximum Gasteiger partial charge on any atom is 0.337 e. The minimum absolute atomic E-state index is 0.131. The van der Waals surface area contributed by atoms with E-state index in [1.54, 1.807) is 31.2 Å². The van der Waals surface area contributed by atoms with Crippen LogP contribution >= 0.6 is 0 Å². The fraction of sp³-hybridized carbons (Fsp3) is 0.200. The van der Waals surface area contributed by atoms with Crippen molar-refractivity contribution >= 4 is 28.9 Å². The number of hydrogen-bond donors (Lipinski definition) is 1. The smallest absolute Gasteiger partial charge is 0.337 e. The summed E-state index contributed by atoms with van der Waals surface area (Å²) in [5.74, 6) is -0.942. The number of anilines is 2. The van der Waals surface area contributed by atoms with E-state index in [0.717, 1.165) is 0 Å². The minimum Gasteiger partial charge on any atom is -0.466 e. The second kappa shape index (κ2) is 7.51. The fourth-order valence-electron chi connectivity index (χ4n) is 3.38. The van der Waals surface area contributed by atoms with Gasteiger partial charge in [-0.25, -0.2) is 4.79 Å². The number of non-ortho nitro benzene ring substituents is 1. The van der Waals surface area contributed by atoms with Crippen molar-refractivity contribution in [2.24, 2.45) is 0 Å². The Morgan fingerprint density at radius 3 is 2.54 bits per heavy atom. The van der Waals surface area contributed by atoms with Gasteiger partial charge < -0.3 is 10.1 Å². The molecule has 28 heavy (non-hydrogen) atoms. The normalized spacial score (nSPS) is 16.0. The Morgan fingerprint density at radius 1 is 1.18 bits per heavy atom. The minimum atomic E-state index is -0.888. The number of para-hydroxylation sites is 2. The van der Waals surface area contributed by atoms with E-state index in [9.17, 15) is 19.7 Å². The number of rotatable bonds is 3. The van der Waals surface area contributed by atoms with Gasteiger partial charge in [0.15, 0.2) is 0 Å². The molecular formula is C20H19N3O5. The van der Waals surface area contributed by atoms with E-state index in [4.69, 9.17) is 4.74 Å². The highest BCUT2D eigenvalue weighted by atomic mass is 16.6. The standard InChI is InChI=1S/C20H19N3O5/c1-12-18(20(25)28-3)19(14-7-6-8-15(11-14)23(26)27)22(13(2)24)17-10-5-4-9-16(17)21-12/h4-11,19,21H,1-3H3. The number of nitrogens with one attached hydrogen (secondary N) is 1. The number of esters is 1. The Bertz CT molecular complexity index is 999. The van der Waals surface area contributed by atoms with Gasteiger partial charge in [0.05, 0.1) is 35.0 Å². The summed E-state index contributed by atoms with van der Waals surface area (Å²) in [5, 5.41) is 14.4. The number of nitro groups is 1. The third-order valence-corrected chi connectivity index (χ3v) is 4.56. The zero-order valence-electron chi connectivity index (χ0n) is 15.6. The van der Waals surface area contributed by atoms with Crippen LogP contribution in [0.2, 0.25) is 0 Å². The number of fused-ring (bicyclic) bond motifs is 1. The van der Waals surface area contributed by atoms with Crippen molar-refractivity contribution in [3.63, 3.8) is 0 Å². The first-order valence-corrected chi connectivity index (χ1v) is 8.54. The molecule has 1 aliphatic rings. The quantitative estimate of drug-likeness (QED) is 0.495. The Balaban J connectivity index is 2.33. The monoisotopic (exact) mass is 381 g/mol. The molecule has 3 rings (SSSR count). The average molecular weight is 381 g/mol. The van der Waals surface area contributed by atoms with Gasteiger partial charge in [-0.1, -0.05) is 24.3 Å². The van der Waals surface area contributed by atoms with Crippen molar-refractivity contribution < 1.29 is 19.2 Å². The largest absolute Gasteiger partial charge is 0.466 e. The zero-order valence-corrected chi connectivity index (χ0v) is 15.6. The van der Waals surface area contributed by atoms with Gasteiger partial charge in [-0.2, -0.15) is 0 Å². The number of ether oxygens (including phenoxy) is 1. The molecule has 0 aliphatic carbocycles. The number of hydrogen-bond acceptors (Lipinski definition) is 6. The summed E-state index contributed by atoms with van der Waals surface area (Å²) in [5.41, 5.74) is 2.21. The Labute approximate surface area is 161 Å². The SMILES string of the molecule is COC(=O)C1=C(C)Nc2ccccc2N(C(C)=O)C1c1cccc([N+](=O)[O-])c1. The average Bonchev–Trinajstić information content (AvgIpc) is 2.81. The number of nitrogens with zero attached hydrogens (tertiary/aromatic N) is 2. The van der Waals surface area contributed by atoms with Crippen LogP contribution in [0.3, 0.4) is 0 Å². The molecule has 1 unspecified atom stereocenters. The first-order chi connectivity index (χ1) is 13.3. The van der Waals surface area contributed by atoms with Crippen molar-refractivity contribution in [3.05, 3.63) is 75.5 Å². The summed E-state index contributed by atoms with van der Waals surface area (Å²) < 4.78 is 4.96. The van der Waals surface area contributed by atoms with Crippen molar-refractivity contribution in [3.8, 4) is 0 Å². The van der Waals surface area contributed by atoms with E-state index < -0.39 is 16.9 Å². The molecule has 1 heterocycles. The van der Waals surface area contributed by atoms with Crippen LogP contribution in [0.15, 0.2) is 59.8 Å². The van der Waals surface area contributed by atoms with Crippen LogP contribution in [0, 0.1) is 10.1 Å². The van der Waals surface area contributed by atoms with Crippen LogP contribution in [0.25, 0.3) is 0 Å². The van der Waals surface area contributed by atoms with E-state index in [0.29, 0.717) is 22.6 Å². The van der Waals surface area contributed by atoms with Crippen LogP contribution in [0.4, 0.5) is 17.1 Å². The van der Waals surface area contributed by atoms with Crippen LogP contribution in [-0.4, -0.2) is 23.9 Å². The molecule has 8 nitrogen and oxygen atoms in total. The number of allylic oxidation sites excluding steroid dienone is 1. The summed E-state index contributed by atoms with van der Waals surface area (Å²) >= 11 is 0. The second-order valence-corrected chi connectivity index (χ2v) is 6.32. The summed E-state index contributed by atoms with van der Waals surface area (Å²) in [6, 6.07) is 12.1. The lowest BCUT2D eigenvalue weighted by molar-refractivity contribution is -0.384. The Kier molecular flexibility index (Phi) is 5.12. The molecule has 0 saturated carbocycles. The second-order valence-electron chi connectivity index (χ2n) is 6.32. The summed E-state index contributed by atoms with van der Waals surface area (Å²) in [6.07, 6.45) is 0. The zero-order chi connectivity index (χ0) is 20.4. The first-order valence-electron chi connectivity index (χ1n) is 8.54. The summed E-state index contributed by atoms with van der Waals surface area (Å²) in [6.45, 7) is 3.09. The first kappa shape index (κ1) is 19.1. The summed E-state index contributed by atoms with van der Waals surface area (Å²) in [4.78, 5) is 37.5. The van der Waals surface area contributed by atoms with Gasteiger partial charge in [-0.3, -0.25) is 19.8 Å². The summed E-state index contributed by atoms with van der Waals surface area (Å²) in [7, 11) is 1.25. The third-order valence-electron chi connectivity index (χ3n) is 4.56. The fourth-order valence-corrected chi connectivity index (χ4v) is 3.38. The number of methoxy groups -OCH3 is 1. The molecule has 0 saturated heterocycles. The maximum absolute atomic E-state index is 12.7. The molecule has 8 heteroatoms. The highest BCUT2D eigenvalue weighted by Crippen LogP contribution is 2.42. The lowest BCUT2D eigenvalue weighted by Gasteiger charge is -2.31. The van der Waals surface area contributed by atoms with Gasteiger partial charge in [-0.15, -0.1) is 0 Å². The van der Waals surface area contributed by atoms with E-state index in [2.05, 4.69) is 5.32 Å². The molecule has 1 atom stereocenters. The molecule has 1 aliphatic heterocycles. The molecule has 1 N–H and O–H groups in total. The predicted octanol–water partition coefficient (Wildman–Crippen LogP) is 3.56. The van der Waals surface area contributed by atoms with Crippen molar-refractivity contribution in [2.45, 2.75) is 19.9 Å². The van der Waals surface area contributed by atoms with Crippen molar-refractivity contribution in [1.29, 1.82) is 0 Å². The number of carbonyl (C=O) groups excluding carboxylic acids is 2. The van der Waals surface area contributed by atoms with Crippen molar-refractivity contribution in [1.82, 2.24) is 0 Å². The molecule has 2 aromatic rings. The van der Waals surface area contributed by atoms with Crippen LogP contribution < -0.4 is 10.2 Å². The topological polar surface area (TPSA) is 102 Å². The molecule has 0 bridgehead atoms. The molecule has 0 radical (unpaired) electrons. The van der Waals surface area contributed by atoms with E-state index in [1.807, 2.05) is 6.07 Å². The van der Waals surface area contributed by atoms with Crippen LogP contribution in [0.5, 0.6) is 0 Å². The number of amides is 1. The van der Waals surface area contributed by atoms with Crippen LogP contribution in [-0.2, 0) is 14.3 Å². The van der Waals surface area contributed by atoms with Gasteiger partial charge in [0.1, 0.15) is 0 Å². The predicted molar refractivity (Wildman–Crippen MR) is 104 cm³/mol. The molecule has 0 spiro atoms. The van der Waals surface area contributed by atoms with E-state index in [-0.39, 0.29) is 17.2 Å². The van der Waals surface area contributed by atoms with E-state index >= 15 is 0 Å². The number of carbonyl (C=O) groups is 2. The molecular weight excluding hydrogens is 362 g/mol. The molecule has 0 fully saturated rings. The van der Waals surface area contributed by atoms with Crippen LogP contribution in [0.1, 0.15) is 25.5 Å². The molecule has 1 amide bonds. The van der Waals surface area contributed by atoms with E-state index in [1.165, 1.54) is 37.1 Å². The maximum atomic E-state index is 12.7. The lowest BCUT2D eigenvalue weighted by Crippen LogP contribution is -2.36. The van der Waals surface area contributed by atoms with Gasteiger partial charge in [0.2, 0.25) is 5.91 Å². The highest BCUT2D eigenvalue weighted by molar-refractivity contribution is 6.02. The van der Waals surface area contributed by atoms with Gasteiger partial charge in [0.25, 0.3) is 5.69 Å². The number of nitro benzene ring substituents is 1. The lowest BCUT2D eigenvalue weighted by atomic mass is 9.94. The van der Waals surface area contributed by atoms with Gasteiger partial charge in [0, 0.05) is 24.8 Å². The number of benzene rings is 2. The van der Waals surface area contributed by atoms with Gasteiger partial charge in [-0.05, 0) is 24.6 Å². The third kappa shape index (κ3) is 3.32.